The summed E-state index contributed by atoms with van der Waals surface area (Å²) in [5.41, 5.74) is 3.06. The summed E-state index contributed by atoms with van der Waals surface area (Å²) >= 11 is 1.54. The largest absolute Gasteiger partial charge is 0.328 e. The Labute approximate surface area is 176 Å². The third-order valence-electron chi connectivity index (χ3n) is 5.10. The fraction of sp³-hybridized carbons (Fsp3) is 0.304. The van der Waals surface area contributed by atoms with Crippen molar-refractivity contribution in [2.45, 2.75) is 18.7 Å². The van der Waals surface area contributed by atoms with Crippen LogP contribution in [0, 0.1) is 13.8 Å². The van der Waals surface area contributed by atoms with Crippen LogP contribution in [0.1, 0.15) is 11.1 Å². The van der Waals surface area contributed by atoms with Crippen LogP contribution in [0.15, 0.2) is 64.9 Å². The average molecular weight is 411 g/mol. The Hall–Kier alpha value is -2.57. The second-order valence-corrected chi connectivity index (χ2v) is 8.28. The molecule has 1 fully saturated rings. The molecule has 0 atom stereocenters. The van der Waals surface area contributed by atoms with Crippen LogP contribution in [-0.2, 0) is 9.59 Å². The van der Waals surface area contributed by atoms with Crippen molar-refractivity contribution < 1.29 is 14.5 Å². The number of thioether (sulfide) groups is 1. The number of rotatable bonds is 6. The van der Waals surface area contributed by atoms with Gasteiger partial charge in [-0.3, -0.25) is 9.59 Å². The van der Waals surface area contributed by atoms with Crippen molar-refractivity contribution >= 4 is 29.3 Å². The number of carbonyl (C=O) groups excluding carboxylic acids is 2. The molecule has 0 bridgehead atoms. The Morgan fingerprint density at radius 3 is 2.34 bits per heavy atom. The molecule has 6 heteroatoms. The van der Waals surface area contributed by atoms with E-state index in [-0.39, 0.29) is 11.8 Å². The number of piperazine rings is 1. The molecule has 0 aromatic heterocycles. The van der Waals surface area contributed by atoms with Crippen LogP contribution in [0.25, 0.3) is 0 Å². The van der Waals surface area contributed by atoms with Crippen LogP contribution >= 0.6 is 11.8 Å². The number of nitrogens with zero attached hydrogens (tertiary/aromatic N) is 1. The Morgan fingerprint density at radius 2 is 1.69 bits per heavy atom. The lowest BCUT2D eigenvalue weighted by Gasteiger charge is -2.31. The van der Waals surface area contributed by atoms with Crippen LogP contribution in [0.5, 0.6) is 0 Å². The molecule has 3 rings (SSSR count). The van der Waals surface area contributed by atoms with Crippen molar-refractivity contribution in [2.75, 3.05) is 38.0 Å². The monoisotopic (exact) mass is 410 g/mol. The number of anilines is 1. The maximum Gasteiger partial charge on any atom is 0.279 e. The highest BCUT2D eigenvalue weighted by Crippen LogP contribution is 2.19. The van der Waals surface area contributed by atoms with Gasteiger partial charge in [-0.1, -0.05) is 48.2 Å². The molecule has 2 aromatic rings. The summed E-state index contributed by atoms with van der Waals surface area (Å²) in [4.78, 5) is 29.0. The minimum absolute atomic E-state index is 0.0244. The van der Waals surface area contributed by atoms with Crippen molar-refractivity contribution in [3.05, 3.63) is 71.1 Å². The van der Waals surface area contributed by atoms with Gasteiger partial charge in [-0.05, 0) is 42.5 Å². The Balaban J connectivity index is 1.43. The lowest BCUT2D eigenvalue weighted by atomic mass is 10.1. The fourth-order valence-corrected chi connectivity index (χ4v) is 4.07. The molecule has 0 unspecified atom stereocenters. The number of aryl methyl sites for hydroxylation is 2. The zero-order chi connectivity index (χ0) is 20.6. The zero-order valence-corrected chi connectivity index (χ0v) is 17.8. The molecule has 1 saturated heterocycles. The van der Waals surface area contributed by atoms with Crippen molar-refractivity contribution in [1.82, 2.24) is 4.90 Å². The number of para-hydroxylation sites is 1. The van der Waals surface area contributed by atoms with E-state index < -0.39 is 0 Å². The molecular weight excluding hydrogens is 382 g/mol. The summed E-state index contributed by atoms with van der Waals surface area (Å²) in [5.74, 6) is 0.0591. The molecule has 29 heavy (non-hydrogen) atoms. The van der Waals surface area contributed by atoms with Crippen LogP contribution in [-0.4, -0.2) is 49.4 Å². The van der Waals surface area contributed by atoms with Gasteiger partial charge in [-0.2, -0.15) is 0 Å². The van der Waals surface area contributed by atoms with Crippen LogP contribution < -0.4 is 10.2 Å². The minimum Gasteiger partial charge on any atom is -0.328 e. The predicted octanol–water partition coefficient (Wildman–Crippen LogP) is 2.28. The highest BCUT2D eigenvalue weighted by Gasteiger charge is 2.24. The van der Waals surface area contributed by atoms with E-state index in [2.05, 4.69) is 5.32 Å². The van der Waals surface area contributed by atoms with Gasteiger partial charge in [0, 0.05) is 16.7 Å². The molecule has 2 amide bonds. The molecule has 1 aliphatic heterocycles. The van der Waals surface area contributed by atoms with E-state index in [0.29, 0.717) is 19.6 Å². The molecule has 0 spiro atoms. The van der Waals surface area contributed by atoms with Crippen LogP contribution in [0.4, 0.5) is 5.69 Å². The summed E-state index contributed by atoms with van der Waals surface area (Å²) in [5, 5.41) is 4.89. The maximum atomic E-state index is 12.5. The molecule has 2 N–H and O–H groups in total. The third-order valence-corrected chi connectivity index (χ3v) is 5.91. The van der Waals surface area contributed by atoms with E-state index in [1.807, 2.05) is 72.7 Å². The van der Waals surface area contributed by atoms with Gasteiger partial charge in [0.25, 0.3) is 5.91 Å². The van der Waals surface area contributed by atoms with E-state index in [1.54, 1.807) is 6.08 Å². The molecular formula is C23H28N3O2S+. The Kier molecular flexibility index (Phi) is 7.49. The lowest BCUT2D eigenvalue weighted by Crippen LogP contribution is -3.15. The van der Waals surface area contributed by atoms with E-state index in [9.17, 15) is 9.59 Å². The fourth-order valence-electron chi connectivity index (χ4n) is 3.42. The third kappa shape index (κ3) is 6.21. The summed E-state index contributed by atoms with van der Waals surface area (Å²) < 4.78 is 0. The summed E-state index contributed by atoms with van der Waals surface area (Å²) in [6.07, 6.45) is 1.64. The number of hydrogen-bond donors (Lipinski definition) is 2. The topological polar surface area (TPSA) is 53.9 Å². The number of quaternary nitrogens is 1. The van der Waals surface area contributed by atoms with E-state index in [1.165, 1.54) is 16.7 Å². The predicted molar refractivity (Wildman–Crippen MR) is 118 cm³/mol. The van der Waals surface area contributed by atoms with E-state index in [0.717, 1.165) is 34.8 Å². The van der Waals surface area contributed by atoms with Gasteiger partial charge < -0.3 is 15.1 Å². The first-order valence-corrected chi connectivity index (χ1v) is 10.8. The van der Waals surface area contributed by atoms with Crippen LogP contribution in [0.3, 0.4) is 0 Å². The van der Waals surface area contributed by atoms with Crippen LogP contribution in [0.2, 0.25) is 0 Å². The average Bonchev–Trinajstić information content (AvgIpc) is 2.72. The smallest absolute Gasteiger partial charge is 0.279 e. The molecule has 0 saturated carbocycles. The molecule has 152 valence electrons. The highest BCUT2D eigenvalue weighted by molar-refractivity contribution is 8.02. The Morgan fingerprint density at radius 1 is 1.03 bits per heavy atom. The molecule has 0 aliphatic carbocycles. The molecule has 2 aromatic carbocycles. The van der Waals surface area contributed by atoms with E-state index in [4.69, 9.17) is 0 Å². The van der Waals surface area contributed by atoms with Gasteiger partial charge in [-0.25, -0.2) is 0 Å². The SMILES string of the molecule is Cc1cccc(C)c1NC(=O)C[NH+]1CCN(C(=O)/C=C/Sc2ccccc2)CC1. The number of carbonyl (C=O) groups is 2. The summed E-state index contributed by atoms with van der Waals surface area (Å²) in [7, 11) is 0. The quantitative estimate of drug-likeness (QED) is 0.568. The van der Waals surface area contributed by atoms with Crippen molar-refractivity contribution in [2.24, 2.45) is 0 Å². The molecule has 1 aliphatic rings. The van der Waals surface area contributed by atoms with Gasteiger partial charge in [-0.15, -0.1) is 0 Å². The standard InChI is InChI=1S/C23H27N3O2S/c1-18-7-6-8-19(2)23(18)24-21(27)17-25-12-14-26(15-13-25)22(28)11-16-29-20-9-4-3-5-10-20/h3-11,16H,12-15,17H2,1-2H3,(H,24,27)/p+1/b16-11+. The number of amides is 2. The minimum atomic E-state index is 0.0244. The van der Waals surface area contributed by atoms with Gasteiger partial charge in [0.2, 0.25) is 5.91 Å². The molecule has 0 radical (unpaired) electrons. The summed E-state index contributed by atoms with van der Waals surface area (Å²) in [6.45, 7) is 7.34. The first-order valence-electron chi connectivity index (χ1n) is 9.90. The van der Waals surface area contributed by atoms with E-state index >= 15 is 0 Å². The van der Waals surface area contributed by atoms with Crippen molar-refractivity contribution in [3.8, 4) is 0 Å². The number of hydrogen-bond acceptors (Lipinski definition) is 3. The second kappa shape index (κ2) is 10.3. The Bertz CT molecular complexity index is 855. The van der Waals surface area contributed by atoms with Gasteiger partial charge in [0.15, 0.2) is 6.54 Å². The molecule has 5 nitrogen and oxygen atoms in total. The highest BCUT2D eigenvalue weighted by atomic mass is 32.2. The van der Waals surface area contributed by atoms with Gasteiger partial charge >= 0.3 is 0 Å². The lowest BCUT2D eigenvalue weighted by molar-refractivity contribution is -0.895. The van der Waals surface area contributed by atoms with Crippen molar-refractivity contribution in [1.29, 1.82) is 0 Å². The molecule has 1 heterocycles. The zero-order valence-electron chi connectivity index (χ0n) is 17.0. The number of nitrogens with one attached hydrogen (secondary N) is 2. The second-order valence-electron chi connectivity index (χ2n) is 7.30. The summed E-state index contributed by atoms with van der Waals surface area (Å²) in [6, 6.07) is 16.0. The number of benzene rings is 2. The first-order chi connectivity index (χ1) is 14.0. The van der Waals surface area contributed by atoms with Gasteiger partial charge in [0.05, 0.1) is 26.2 Å². The first kappa shape index (κ1) is 21.1. The maximum absolute atomic E-state index is 12.5. The van der Waals surface area contributed by atoms with Crippen molar-refractivity contribution in [3.63, 3.8) is 0 Å². The normalized spacial score (nSPS) is 14.9. The van der Waals surface area contributed by atoms with Gasteiger partial charge in [0.1, 0.15) is 0 Å².